The first-order valence-electron chi connectivity index (χ1n) is 10.0. The van der Waals surface area contributed by atoms with Gasteiger partial charge in [0.1, 0.15) is 0 Å². The SMILES string of the molecule is C=CCC(OC(CC=C)C(CC)CCCC)C(CC)CCCC. The quantitative estimate of drug-likeness (QED) is 0.270. The molecule has 0 saturated heterocycles. The van der Waals surface area contributed by atoms with Gasteiger partial charge in [0, 0.05) is 0 Å². The van der Waals surface area contributed by atoms with E-state index in [9.17, 15) is 0 Å². The zero-order chi connectivity index (χ0) is 17.5. The maximum Gasteiger partial charge on any atom is 0.0641 e. The van der Waals surface area contributed by atoms with Gasteiger partial charge in [-0.25, -0.2) is 0 Å². The number of rotatable bonds is 16. The molecule has 4 atom stereocenters. The van der Waals surface area contributed by atoms with Crippen molar-refractivity contribution in [2.24, 2.45) is 11.8 Å². The van der Waals surface area contributed by atoms with Crippen molar-refractivity contribution in [3.05, 3.63) is 25.3 Å². The fourth-order valence-corrected chi connectivity index (χ4v) is 3.51. The lowest BCUT2D eigenvalue weighted by molar-refractivity contribution is -0.0707. The molecule has 0 aliphatic carbocycles. The fourth-order valence-electron chi connectivity index (χ4n) is 3.51. The maximum atomic E-state index is 6.69. The van der Waals surface area contributed by atoms with Gasteiger partial charge in [-0.2, -0.15) is 0 Å². The molecule has 0 rings (SSSR count). The summed E-state index contributed by atoms with van der Waals surface area (Å²) in [6, 6.07) is 0. The van der Waals surface area contributed by atoms with E-state index in [1.807, 2.05) is 12.2 Å². The molecule has 0 aromatic rings. The average molecular weight is 323 g/mol. The van der Waals surface area contributed by atoms with Crippen LogP contribution in [0.1, 0.15) is 91.9 Å². The molecule has 0 aromatic heterocycles. The van der Waals surface area contributed by atoms with Crippen LogP contribution in [-0.2, 0) is 4.74 Å². The third-order valence-electron chi connectivity index (χ3n) is 5.10. The number of ether oxygens (including phenoxy) is 1. The van der Waals surface area contributed by atoms with Gasteiger partial charge in [0.15, 0.2) is 0 Å². The summed E-state index contributed by atoms with van der Waals surface area (Å²) >= 11 is 0. The summed E-state index contributed by atoms with van der Waals surface area (Å²) in [7, 11) is 0. The first kappa shape index (κ1) is 22.4. The molecule has 23 heavy (non-hydrogen) atoms. The predicted octanol–water partition coefficient (Wildman–Crippen LogP) is 7.33. The van der Waals surface area contributed by atoms with Crippen molar-refractivity contribution in [2.45, 2.75) is 104 Å². The number of unbranched alkanes of at least 4 members (excludes halogenated alkanes) is 2. The smallest absolute Gasteiger partial charge is 0.0641 e. The summed E-state index contributed by atoms with van der Waals surface area (Å²) in [6.45, 7) is 17.1. The molecule has 0 spiro atoms. The molecule has 1 heteroatoms. The predicted molar refractivity (Wildman–Crippen MR) is 105 cm³/mol. The van der Waals surface area contributed by atoms with Crippen molar-refractivity contribution in [3.63, 3.8) is 0 Å². The van der Waals surface area contributed by atoms with Crippen molar-refractivity contribution in [3.8, 4) is 0 Å². The van der Waals surface area contributed by atoms with Gasteiger partial charge in [0.25, 0.3) is 0 Å². The van der Waals surface area contributed by atoms with Crippen LogP contribution in [0.15, 0.2) is 25.3 Å². The Morgan fingerprint density at radius 3 is 1.39 bits per heavy atom. The van der Waals surface area contributed by atoms with Crippen LogP contribution < -0.4 is 0 Å². The Kier molecular flexibility index (Phi) is 14.6. The van der Waals surface area contributed by atoms with Crippen LogP contribution in [0, 0.1) is 11.8 Å². The van der Waals surface area contributed by atoms with E-state index in [1.54, 1.807) is 0 Å². The van der Waals surface area contributed by atoms with Gasteiger partial charge in [0.05, 0.1) is 12.2 Å². The highest BCUT2D eigenvalue weighted by Crippen LogP contribution is 2.29. The van der Waals surface area contributed by atoms with Crippen LogP contribution in [0.3, 0.4) is 0 Å². The standard InChI is InChI=1S/C22H42O/c1-7-13-17-19(11-5)21(15-9-3)23-22(16-10-4)20(12-6)18-14-8-2/h9-10,19-22H,3-4,7-8,11-18H2,1-2,5-6H3. The monoisotopic (exact) mass is 322 g/mol. The maximum absolute atomic E-state index is 6.69. The molecule has 0 bridgehead atoms. The minimum atomic E-state index is 0.324. The molecule has 0 heterocycles. The third-order valence-corrected chi connectivity index (χ3v) is 5.10. The van der Waals surface area contributed by atoms with Gasteiger partial charge in [-0.15, -0.1) is 13.2 Å². The van der Waals surface area contributed by atoms with Crippen molar-refractivity contribution >= 4 is 0 Å². The molecule has 1 nitrogen and oxygen atoms in total. The highest BCUT2D eigenvalue weighted by Gasteiger charge is 2.26. The first-order chi connectivity index (χ1) is 11.2. The molecule has 0 saturated carbocycles. The van der Waals surface area contributed by atoms with Crippen LogP contribution in [0.4, 0.5) is 0 Å². The average Bonchev–Trinajstić information content (AvgIpc) is 2.56. The lowest BCUT2D eigenvalue weighted by Gasteiger charge is -2.34. The minimum absolute atomic E-state index is 0.324. The van der Waals surface area contributed by atoms with Crippen LogP contribution in [0.2, 0.25) is 0 Å². The van der Waals surface area contributed by atoms with E-state index in [2.05, 4.69) is 40.9 Å². The summed E-state index contributed by atoms with van der Waals surface area (Å²) in [4.78, 5) is 0. The molecule has 4 unspecified atom stereocenters. The van der Waals surface area contributed by atoms with E-state index in [-0.39, 0.29) is 0 Å². The Morgan fingerprint density at radius 2 is 1.13 bits per heavy atom. The summed E-state index contributed by atoms with van der Waals surface area (Å²) in [6.07, 6.45) is 16.8. The highest BCUT2D eigenvalue weighted by molar-refractivity contribution is 4.84. The van der Waals surface area contributed by atoms with Gasteiger partial charge < -0.3 is 4.74 Å². The van der Waals surface area contributed by atoms with Crippen LogP contribution in [0.25, 0.3) is 0 Å². The Bertz CT molecular complexity index is 256. The van der Waals surface area contributed by atoms with Crippen molar-refractivity contribution < 1.29 is 4.74 Å². The second kappa shape index (κ2) is 15.0. The summed E-state index contributed by atoms with van der Waals surface area (Å²) in [5.74, 6) is 1.31. The Morgan fingerprint density at radius 1 is 0.739 bits per heavy atom. The molecule has 0 aliphatic rings. The van der Waals surface area contributed by atoms with Gasteiger partial charge in [-0.05, 0) is 37.5 Å². The molecule has 0 radical (unpaired) electrons. The van der Waals surface area contributed by atoms with Crippen molar-refractivity contribution in [2.75, 3.05) is 0 Å². The Balaban J connectivity index is 4.95. The van der Waals surface area contributed by atoms with Crippen molar-refractivity contribution in [1.29, 1.82) is 0 Å². The molecule has 0 amide bonds. The van der Waals surface area contributed by atoms with E-state index in [4.69, 9.17) is 4.74 Å². The van der Waals surface area contributed by atoms with Gasteiger partial charge in [-0.3, -0.25) is 0 Å². The second-order valence-electron chi connectivity index (χ2n) is 6.88. The van der Waals surface area contributed by atoms with E-state index in [0.29, 0.717) is 24.0 Å². The second-order valence-corrected chi connectivity index (χ2v) is 6.88. The fraction of sp³-hybridized carbons (Fsp3) is 0.818. The number of hydrogen-bond donors (Lipinski definition) is 0. The Hall–Kier alpha value is -0.560. The molecular formula is C22H42O. The Labute approximate surface area is 146 Å². The van der Waals surface area contributed by atoms with Gasteiger partial charge in [-0.1, -0.05) is 78.4 Å². The van der Waals surface area contributed by atoms with Crippen LogP contribution >= 0.6 is 0 Å². The van der Waals surface area contributed by atoms with Gasteiger partial charge in [0.2, 0.25) is 0 Å². The van der Waals surface area contributed by atoms with E-state index < -0.39 is 0 Å². The molecule has 0 aliphatic heterocycles. The highest BCUT2D eigenvalue weighted by atomic mass is 16.5. The molecule has 136 valence electrons. The molecular weight excluding hydrogens is 280 g/mol. The lowest BCUT2D eigenvalue weighted by atomic mass is 9.88. The summed E-state index contributed by atoms with van der Waals surface area (Å²) in [5.41, 5.74) is 0. The van der Waals surface area contributed by atoms with Crippen molar-refractivity contribution in [1.82, 2.24) is 0 Å². The molecule has 0 fully saturated rings. The summed E-state index contributed by atoms with van der Waals surface area (Å²) in [5, 5.41) is 0. The van der Waals surface area contributed by atoms with E-state index >= 15 is 0 Å². The van der Waals surface area contributed by atoms with E-state index in [0.717, 1.165) is 12.8 Å². The first-order valence-corrected chi connectivity index (χ1v) is 10.0. The molecule has 0 aromatic carbocycles. The van der Waals surface area contributed by atoms with Crippen LogP contribution in [-0.4, -0.2) is 12.2 Å². The van der Waals surface area contributed by atoms with E-state index in [1.165, 1.54) is 51.4 Å². The minimum Gasteiger partial charge on any atom is -0.374 e. The number of hydrogen-bond acceptors (Lipinski definition) is 1. The third kappa shape index (κ3) is 9.35. The largest absolute Gasteiger partial charge is 0.374 e. The van der Waals surface area contributed by atoms with Crippen LogP contribution in [0.5, 0.6) is 0 Å². The zero-order valence-corrected chi connectivity index (χ0v) is 16.4. The normalized spacial score (nSPS) is 16.5. The lowest BCUT2D eigenvalue weighted by Crippen LogP contribution is -2.33. The summed E-state index contributed by atoms with van der Waals surface area (Å²) < 4.78 is 6.69. The topological polar surface area (TPSA) is 9.23 Å². The zero-order valence-electron chi connectivity index (χ0n) is 16.4. The van der Waals surface area contributed by atoms with Gasteiger partial charge >= 0.3 is 0 Å². The molecule has 0 N–H and O–H groups in total.